The lowest BCUT2D eigenvalue weighted by molar-refractivity contribution is 0.119. The van der Waals surface area contributed by atoms with Gasteiger partial charge in [-0.05, 0) is 45.5 Å². The highest BCUT2D eigenvalue weighted by atomic mass is 28.4. The van der Waals surface area contributed by atoms with E-state index in [1.54, 1.807) is 0 Å². The zero-order chi connectivity index (χ0) is 13.6. The van der Waals surface area contributed by atoms with Crippen LogP contribution in [0.15, 0.2) is 36.0 Å². The minimum Gasteiger partial charge on any atom is -0.389 e. The summed E-state index contributed by atoms with van der Waals surface area (Å²) in [7, 11) is -2.24. The lowest BCUT2D eigenvalue weighted by Gasteiger charge is -2.28. The van der Waals surface area contributed by atoms with Gasteiger partial charge in [0.1, 0.15) is 0 Å². The molecule has 0 heterocycles. The Morgan fingerprint density at radius 1 is 0.944 bits per heavy atom. The lowest BCUT2D eigenvalue weighted by atomic mass is 10.2. The standard InChI is InChI=1S/C15H24O2Si/c1-13(2)16-18(5,17-14(3)4)12-11-15-9-7-6-8-10-15/h6-14H,1-5H3. The maximum Gasteiger partial charge on any atom is 0.362 e. The normalized spacial score (nSPS) is 12.8. The van der Waals surface area contributed by atoms with Gasteiger partial charge in [0.25, 0.3) is 0 Å². The van der Waals surface area contributed by atoms with Crippen LogP contribution in [0, 0.1) is 0 Å². The molecule has 3 heteroatoms. The Bertz CT molecular complexity index is 361. The lowest BCUT2D eigenvalue weighted by Crippen LogP contribution is -2.41. The van der Waals surface area contributed by atoms with Gasteiger partial charge < -0.3 is 8.85 Å². The molecule has 0 radical (unpaired) electrons. The quantitative estimate of drug-likeness (QED) is 0.718. The summed E-state index contributed by atoms with van der Waals surface area (Å²) in [5, 5.41) is 0. The largest absolute Gasteiger partial charge is 0.389 e. The van der Waals surface area contributed by atoms with Crippen LogP contribution < -0.4 is 0 Å². The van der Waals surface area contributed by atoms with E-state index in [1.165, 1.54) is 5.56 Å². The van der Waals surface area contributed by atoms with Gasteiger partial charge in [-0.15, -0.1) is 0 Å². The average Bonchev–Trinajstić information content (AvgIpc) is 2.26. The molecular formula is C15H24O2Si. The van der Waals surface area contributed by atoms with Gasteiger partial charge in [0.2, 0.25) is 0 Å². The second kappa shape index (κ2) is 6.88. The van der Waals surface area contributed by atoms with E-state index >= 15 is 0 Å². The van der Waals surface area contributed by atoms with Gasteiger partial charge in [-0.25, -0.2) is 0 Å². The van der Waals surface area contributed by atoms with E-state index < -0.39 is 8.56 Å². The maximum atomic E-state index is 6.00. The first-order valence-corrected chi connectivity index (χ1v) is 8.90. The van der Waals surface area contributed by atoms with Gasteiger partial charge in [0.05, 0.1) is 0 Å². The molecule has 0 fully saturated rings. The minimum absolute atomic E-state index is 0.181. The molecule has 100 valence electrons. The monoisotopic (exact) mass is 264 g/mol. The molecule has 0 atom stereocenters. The van der Waals surface area contributed by atoms with E-state index in [1.807, 2.05) is 45.9 Å². The summed E-state index contributed by atoms with van der Waals surface area (Å²) in [6.45, 7) is 10.3. The fourth-order valence-corrected chi connectivity index (χ4v) is 4.43. The topological polar surface area (TPSA) is 18.5 Å². The SMILES string of the molecule is CC(C)O[Si](C)(C=Cc1ccccc1)OC(C)C. The zero-order valence-electron chi connectivity index (χ0n) is 12.0. The van der Waals surface area contributed by atoms with Crippen LogP contribution in [0.5, 0.6) is 0 Å². The van der Waals surface area contributed by atoms with E-state index in [0.29, 0.717) is 0 Å². The Kier molecular flexibility index (Phi) is 5.79. The number of rotatable bonds is 6. The van der Waals surface area contributed by atoms with Crippen molar-refractivity contribution in [3.63, 3.8) is 0 Å². The second-order valence-electron chi connectivity index (χ2n) is 5.09. The first-order valence-electron chi connectivity index (χ1n) is 6.51. The van der Waals surface area contributed by atoms with Crippen molar-refractivity contribution in [1.82, 2.24) is 0 Å². The molecule has 0 saturated carbocycles. The molecule has 0 bridgehead atoms. The molecule has 18 heavy (non-hydrogen) atoms. The van der Waals surface area contributed by atoms with Crippen molar-refractivity contribution in [2.75, 3.05) is 0 Å². The molecule has 0 aliphatic heterocycles. The molecule has 0 saturated heterocycles. The van der Waals surface area contributed by atoms with Crippen LogP contribution in [-0.4, -0.2) is 20.8 Å². The maximum absolute atomic E-state index is 6.00. The number of benzene rings is 1. The van der Waals surface area contributed by atoms with Crippen LogP contribution >= 0.6 is 0 Å². The zero-order valence-corrected chi connectivity index (χ0v) is 13.0. The molecule has 0 aliphatic carbocycles. The smallest absolute Gasteiger partial charge is 0.362 e. The molecule has 0 spiro atoms. The summed E-state index contributed by atoms with van der Waals surface area (Å²) in [6, 6.07) is 10.2. The van der Waals surface area contributed by atoms with Crippen molar-refractivity contribution in [3.8, 4) is 0 Å². The third-order valence-electron chi connectivity index (χ3n) is 2.32. The highest BCUT2D eigenvalue weighted by molar-refractivity contribution is 6.72. The van der Waals surface area contributed by atoms with Crippen molar-refractivity contribution < 1.29 is 8.85 Å². The van der Waals surface area contributed by atoms with Crippen LogP contribution in [0.1, 0.15) is 33.3 Å². The van der Waals surface area contributed by atoms with Gasteiger partial charge in [0, 0.05) is 12.2 Å². The number of hydrogen-bond donors (Lipinski definition) is 0. The third-order valence-corrected chi connectivity index (χ3v) is 4.97. The van der Waals surface area contributed by atoms with Crippen LogP contribution in [0.2, 0.25) is 6.55 Å². The first-order chi connectivity index (χ1) is 8.41. The summed E-state index contributed by atoms with van der Waals surface area (Å²) in [5.74, 6) is 0. The van der Waals surface area contributed by atoms with Crippen LogP contribution in [0.3, 0.4) is 0 Å². The molecule has 2 nitrogen and oxygen atoms in total. The van der Waals surface area contributed by atoms with Gasteiger partial charge >= 0.3 is 8.56 Å². The predicted molar refractivity (Wildman–Crippen MR) is 79.5 cm³/mol. The highest BCUT2D eigenvalue weighted by Gasteiger charge is 2.30. The Morgan fingerprint density at radius 3 is 1.89 bits per heavy atom. The molecule has 0 unspecified atom stereocenters. The molecule has 1 aromatic rings. The van der Waals surface area contributed by atoms with Gasteiger partial charge in [0.15, 0.2) is 0 Å². The van der Waals surface area contributed by atoms with Crippen molar-refractivity contribution in [3.05, 3.63) is 41.6 Å². The Balaban J connectivity index is 2.81. The molecule has 1 aromatic carbocycles. The Hall–Kier alpha value is -0.903. The molecule has 0 aromatic heterocycles. The molecule has 0 N–H and O–H groups in total. The number of hydrogen-bond acceptors (Lipinski definition) is 2. The van der Waals surface area contributed by atoms with Gasteiger partial charge in [-0.3, -0.25) is 0 Å². The summed E-state index contributed by atoms with van der Waals surface area (Å²) in [5.41, 5.74) is 3.29. The second-order valence-corrected chi connectivity index (χ2v) is 7.93. The molecule has 1 rings (SSSR count). The minimum atomic E-state index is -2.24. The van der Waals surface area contributed by atoms with E-state index in [2.05, 4.69) is 30.5 Å². The van der Waals surface area contributed by atoms with Crippen molar-refractivity contribution in [2.24, 2.45) is 0 Å². The van der Waals surface area contributed by atoms with Gasteiger partial charge in [-0.1, -0.05) is 36.4 Å². The van der Waals surface area contributed by atoms with Gasteiger partial charge in [-0.2, -0.15) is 0 Å². The average molecular weight is 264 g/mol. The Morgan fingerprint density at radius 2 is 1.44 bits per heavy atom. The van der Waals surface area contributed by atoms with Crippen molar-refractivity contribution >= 4 is 14.6 Å². The summed E-state index contributed by atoms with van der Waals surface area (Å²) in [6.07, 6.45) is 2.46. The van der Waals surface area contributed by atoms with Crippen LogP contribution in [-0.2, 0) is 8.85 Å². The van der Waals surface area contributed by atoms with E-state index in [9.17, 15) is 0 Å². The molecular weight excluding hydrogens is 240 g/mol. The molecule has 0 amide bonds. The predicted octanol–water partition coefficient (Wildman–Crippen LogP) is 4.16. The summed E-state index contributed by atoms with van der Waals surface area (Å²) in [4.78, 5) is 0. The highest BCUT2D eigenvalue weighted by Crippen LogP contribution is 2.16. The van der Waals surface area contributed by atoms with E-state index in [4.69, 9.17) is 8.85 Å². The summed E-state index contributed by atoms with van der Waals surface area (Å²) < 4.78 is 12.0. The summed E-state index contributed by atoms with van der Waals surface area (Å²) >= 11 is 0. The Labute approximate surface area is 112 Å². The van der Waals surface area contributed by atoms with Crippen molar-refractivity contribution in [2.45, 2.75) is 46.4 Å². The fraction of sp³-hybridized carbons (Fsp3) is 0.467. The van der Waals surface area contributed by atoms with Crippen LogP contribution in [0.4, 0.5) is 0 Å². The third kappa shape index (κ3) is 5.62. The first kappa shape index (κ1) is 15.2. The molecule has 0 aliphatic rings. The van der Waals surface area contributed by atoms with E-state index in [0.717, 1.165) is 0 Å². The van der Waals surface area contributed by atoms with E-state index in [-0.39, 0.29) is 12.2 Å². The van der Waals surface area contributed by atoms with Crippen molar-refractivity contribution in [1.29, 1.82) is 0 Å². The van der Waals surface area contributed by atoms with Crippen LogP contribution in [0.25, 0.3) is 6.08 Å². The fourth-order valence-electron chi connectivity index (χ4n) is 1.85.